The van der Waals surface area contributed by atoms with E-state index in [-0.39, 0.29) is 35.7 Å². The van der Waals surface area contributed by atoms with E-state index in [0.717, 1.165) is 0 Å². The zero-order chi connectivity index (χ0) is 15.3. The molecule has 2 rings (SSSR count). The Morgan fingerprint density at radius 1 is 0.955 bits per heavy atom. The number of rotatable bonds is 1. The second-order valence-electron chi connectivity index (χ2n) is 3.43. The van der Waals surface area contributed by atoms with Crippen molar-refractivity contribution in [2.45, 2.75) is 14.9 Å². The van der Waals surface area contributed by atoms with Gasteiger partial charge in [0.05, 0.1) is 19.5 Å². The van der Waals surface area contributed by atoms with Gasteiger partial charge in [0, 0.05) is 5.02 Å². The maximum absolute atomic E-state index is 12.9. The normalized spacial score (nSPS) is 8.82. The Labute approximate surface area is 155 Å². The first-order chi connectivity index (χ1) is 9.36. The van der Waals surface area contributed by atoms with Crippen molar-refractivity contribution >= 4 is 61.3 Å². The van der Waals surface area contributed by atoms with Crippen LogP contribution in [0.4, 0.5) is 8.78 Å². The molecule has 0 aromatic heterocycles. The molecule has 2 aromatic rings. The number of hydrogen-bond acceptors (Lipinski definition) is 1. The molecule has 2 aromatic carbocycles. The summed E-state index contributed by atoms with van der Waals surface area (Å²) in [5.41, 5.74) is -0.110. The van der Waals surface area contributed by atoms with Crippen LogP contribution in [-0.4, -0.2) is 6.29 Å². The highest BCUT2D eigenvalue weighted by molar-refractivity contribution is 9.10. The molecule has 0 aliphatic heterocycles. The molecule has 0 saturated heterocycles. The first-order valence-electron chi connectivity index (χ1n) is 5.06. The van der Waals surface area contributed by atoms with Crippen molar-refractivity contribution in [2.75, 3.05) is 0 Å². The number of aldehydes is 1. The van der Waals surface area contributed by atoms with Gasteiger partial charge in [0.2, 0.25) is 0 Å². The largest absolute Gasteiger partial charge is 0.298 e. The minimum atomic E-state index is -0.618. The third kappa shape index (κ3) is 6.73. The summed E-state index contributed by atoms with van der Waals surface area (Å²) in [6.45, 7) is 0. The number of halogens is 6. The summed E-state index contributed by atoms with van der Waals surface area (Å²) in [5.74, 6) is -0.949. The molecule has 0 aliphatic carbocycles. The monoisotopic (exact) mass is 476 g/mol. The third-order valence-corrected chi connectivity index (χ3v) is 3.90. The van der Waals surface area contributed by atoms with Crippen LogP contribution >= 0.6 is 55.1 Å². The zero-order valence-electron chi connectivity index (χ0n) is 9.64. The van der Waals surface area contributed by atoms with Crippen molar-refractivity contribution in [1.29, 1.82) is 0 Å². The summed E-state index contributed by atoms with van der Waals surface area (Å²) in [4.78, 5) is 10.3. The average molecular weight is 479 g/mol. The first kappa shape index (κ1) is 23.8. The molecule has 0 bridgehead atoms. The number of hydrogen-bond donors (Lipinski definition) is 0. The van der Waals surface area contributed by atoms with Crippen LogP contribution in [0.3, 0.4) is 0 Å². The minimum absolute atomic E-state index is 0. The lowest BCUT2D eigenvalue weighted by atomic mass is 10.2. The van der Waals surface area contributed by atoms with Gasteiger partial charge in [-0.2, -0.15) is 0 Å². The van der Waals surface area contributed by atoms with E-state index in [2.05, 4.69) is 31.9 Å². The topological polar surface area (TPSA) is 17.1 Å². The van der Waals surface area contributed by atoms with Crippen molar-refractivity contribution in [3.05, 3.63) is 66.5 Å². The van der Waals surface area contributed by atoms with Crippen molar-refractivity contribution in [2.24, 2.45) is 0 Å². The highest BCUT2D eigenvalue weighted by Gasteiger charge is 2.08. The molecule has 22 heavy (non-hydrogen) atoms. The van der Waals surface area contributed by atoms with E-state index in [9.17, 15) is 13.6 Å². The standard InChI is InChI=1S/C7H3BrClFO.C6H3BrClF.2CH4/c8-5-1-2-6(9)4(3-11)7(5)10;7-5-2-1-4(8)3-6(5)9;;/h1-3H;1-3H;2*1H4. The van der Waals surface area contributed by atoms with Crippen molar-refractivity contribution in [1.82, 2.24) is 0 Å². The fourth-order valence-electron chi connectivity index (χ4n) is 1.12. The van der Waals surface area contributed by atoms with E-state index >= 15 is 0 Å². The van der Waals surface area contributed by atoms with Crippen LogP contribution in [-0.2, 0) is 0 Å². The Kier molecular flexibility index (Phi) is 12.0. The molecule has 122 valence electrons. The quantitative estimate of drug-likeness (QED) is 0.305. The molecular weight excluding hydrogens is 465 g/mol. The van der Waals surface area contributed by atoms with Gasteiger partial charge in [-0.3, -0.25) is 4.79 Å². The van der Waals surface area contributed by atoms with E-state index in [4.69, 9.17) is 23.2 Å². The van der Waals surface area contributed by atoms with Gasteiger partial charge in [0.15, 0.2) is 6.29 Å². The zero-order valence-corrected chi connectivity index (χ0v) is 14.3. The lowest BCUT2D eigenvalue weighted by molar-refractivity contribution is 0.112. The molecule has 1 nitrogen and oxygen atoms in total. The number of carbonyl (C=O) groups excluding carboxylic acids is 1. The van der Waals surface area contributed by atoms with Gasteiger partial charge in [-0.15, -0.1) is 0 Å². The van der Waals surface area contributed by atoms with Crippen molar-refractivity contribution in [3.8, 4) is 0 Å². The number of carbonyl (C=O) groups is 1. The van der Waals surface area contributed by atoms with Crippen LogP contribution in [0.5, 0.6) is 0 Å². The molecule has 0 saturated carbocycles. The fourth-order valence-corrected chi connectivity index (χ4v) is 2.06. The molecule has 0 amide bonds. The molecule has 0 radical (unpaired) electrons. The lowest BCUT2D eigenvalue weighted by Crippen LogP contribution is -1.89. The Morgan fingerprint density at radius 3 is 1.91 bits per heavy atom. The summed E-state index contributed by atoms with van der Waals surface area (Å²) in [5, 5.41) is 0.538. The van der Waals surface area contributed by atoms with E-state index in [0.29, 0.717) is 15.8 Å². The second-order valence-corrected chi connectivity index (χ2v) is 5.99. The predicted molar refractivity (Wildman–Crippen MR) is 97.1 cm³/mol. The molecule has 0 aliphatic rings. The summed E-state index contributed by atoms with van der Waals surface area (Å²) in [6.07, 6.45) is 0.391. The third-order valence-electron chi connectivity index (χ3n) is 2.08. The van der Waals surface area contributed by atoms with Crippen LogP contribution in [0, 0.1) is 11.6 Å². The molecule has 0 spiro atoms. The van der Waals surface area contributed by atoms with Crippen molar-refractivity contribution in [3.63, 3.8) is 0 Å². The van der Waals surface area contributed by atoms with Crippen LogP contribution in [0.1, 0.15) is 25.2 Å². The van der Waals surface area contributed by atoms with Gasteiger partial charge in [-0.1, -0.05) is 38.1 Å². The maximum atomic E-state index is 12.9. The van der Waals surface area contributed by atoms with E-state index < -0.39 is 5.82 Å². The van der Waals surface area contributed by atoms with Crippen LogP contribution in [0.15, 0.2) is 39.3 Å². The van der Waals surface area contributed by atoms with Crippen LogP contribution in [0.25, 0.3) is 0 Å². The van der Waals surface area contributed by atoms with E-state index in [1.54, 1.807) is 12.1 Å². The highest BCUT2D eigenvalue weighted by atomic mass is 79.9. The maximum Gasteiger partial charge on any atom is 0.154 e. The molecule has 7 heteroatoms. The Balaban J connectivity index is 0. The minimum Gasteiger partial charge on any atom is -0.298 e. The Morgan fingerprint density at radius 2 is 1.50 bits per heavy atom. The average Bonchev–Trinajstić information content (AvgIpc) is 2.40. The molecule has 0 heterocycles. The lowest BCUT2D eigenvalue weighted by Gasteiger charge is -1.98. The Hall–Kier alpha value is -0.490. The van der Waals surface area contributed by atoms with Crippen LogP contribution in [0.2, 0.25) is 10.0 Å². The molecule has 0 unspecified atom stereocenters. The molecular formula is C15H14Br2Cl2F2O. The number of benzene rings is 2. The summed E-state index contributed by atoms with van der Waals surface area (Å²) in [6, 6.07) is 7.35. The van der Waals surface area contributed by atoms with Gasteiger partial charge in [0.25, 0.3) is 0 Å². The van der Waals surface area contributed by atoms with Gasteiger partial charge >= 0.3 is 0 Å². The van der Waals surface area contributed by atoms with Crippen LogP contribution < -0.4 is 0 Å². The molecule has 0 atom stereocenters. The predicted octanol–water partition coefficient (Wildman–Crippen LogP) is 7.57. The fraction of sp³-hybridized carbons (Fsp3) is 0.133. The Bertz CT molecular complexity index is 637. The summed E-state index contributed by atoms with van der Waals surface area (Å²) >= 11 is 16.9. The summed E-state index contributed by atoms with van der Waals surface area (Å²) in [7, 11) is 0. The van der Waals surface area contributed by atoms with Gasteiger partial charge < -0.3 is 0 Å². The smallest absolute Gasteiger partial charge is 0.154 e. The van der Waals surface area contributed by atoms with E-state index in [1.807, 2.05) is 0 Å². The second kappa shape index (κ2) is 11.1. The molecule has 0 N–H and O–H groups in total. The highest BCUT2D eigenvalue weighted by Crippen LogP contribution is 2.24. The SMILES string of the molecule is C.C.Fc1cc(Cl)ccc1Br.O=Cc1c(Cl)ccc(Br)c1F. The van der Waals surface area contributed by atoms with Crippen molar-refractivity contribution < 1.29 is 13.6 Å². The van der Waals surface area contributed by atoms with Gasteiger partial charge in [-0.05, 0) is 62.2 Å². The van der Waals surface area contributed by atoms with Gasteiger partial charge in [-0.25, -0.2) is 8.78 Å². The summed E-state index contributed by atoms with van der Waals surface area (Å²) < 4.78 is 26.0. The molecule has 0 fully saturated rings. The first-order valence-corrected chi connectivity index (χ1v) is 7.40. The van der Waals surface area contributed by atoms with Gasteiger partial charge in [0.1, 0.15) is 11.6 Å². The van der Waals surface area contributed by atoms with E-state index in [1.165, 1.54) is 18.2 Å².